The maximum Gasteiger partial charge on any atom is 0.0884 e. The highest BCUT2D eigenvalue weighted by Gasteiger charge is 2.12. The van der Waals surface area contributed by atoms with Crippen molar-refractivity contribution in [2.45, 2.75) is 45.1 Å². The zero-order valence-electron chi connectivity index (χ0n) is 11.3. The van der Waals surface area contributed by atoms with E-state index in [9.17, 15) is 4.39 Å². The van der Waals surface area contributed by atoms with Crippen molar-refractivity contribution in [3.8, 4) is 0 Å². The minimum Gasteiger partial charge on any atom is -0.327 e. The lowest BCUT2D eigenvalue weighted by Gasteiger charge is -2.23. The fourth-order valence-corrected chi connectivity index (χ4v) is 1.74. The largest absolute Gasteiger partial charge is 0.327 e. The molecule has 1 saturated carbocycles. The van der Waals surface area contributed by atoms with Crippen molar-refractivity contribution >= 4 is 0 Å². The van der Waals surface area contributed by atoms with Gasteiger partial charge in [-0.1, -0.05) is 26.2 Å². The molecule has 1 rings (SSSR count). The van der Waals surface area contributed by atoms with Gasteiger partial charge in [0.2, 0.25) is 0 Å². The summed E-state index contributed by atoms with van der Waals surface area (Å²) in [6.07, 6.45) is 7.02. The van der Waals surface area contributed by atoms with Gasteiger partial charge in [-0.25, -0.2) is 4.39 Å². The highest BCUT2D eigenvalue weighted by atomic mass is 19.1. The van der Waals surface area contributed by atoms with Gasteiger partial charge in [-0.15, -0.1) is 0 Å². The predicted molar refractivity (Wildman–Crippen MR) is 72.7 cm³/mol. The summed E-state index contributed by atoms with van der Waals surface area (Å²) in [5.41, 5.74) is 6.01. The van der Waals surface area contributed by atoms with Gasteiger partial charge in [-0.05, 0) is 32.0 Å². The number of hydrogen-bond acceptors (Lipinski definition) is 3. The Bertz CT molecular complexity index is 187. The molecule has 3 nitrogen and oxygen atoms in total. The summed E-state index contributed by atoms with van der Waals surface area (Å²) < 4.78 is 12.1. The average Bonchev–Trinajstić information content (AvgIpc) is 2.41. The third-order valence-corrected chi connectivity index (χ3v) is 2.99. The van der Waals surface area contributed by atoms with E-state index in [0.717, 1.165) is 6.54 Å². The molecule has 0 unspecified atom stereocenters. The van der Waals surface area contributed by atoms with Gasteiger partial charge < -0.3 is 16.4 Å². The Morgan fingerprint density at radius 2 is 1.94 bits per heavy atom. The van der Waals surface area contributed by atoms with E-state index >= 15 is 0 Å². The molecule has 1 aliphatic rings. The van der Waals surface area contributed by atoms with E-state index in [-0.39, 0.29) is 0 Å². The molecule has 0 aromatic carbocycles. The summed E-state index contributed by atoms with van der Waals surface area (Å²) in [7, 11) is 1.93. The molecule has 102 valence electrons. The second kappa shape index (κ2) is 12.0. The fraction of sp³-hybridized carbons (Fsp3) is 0.846. The van der Waals surface area contributed by atoms with Crippen LogP contribution in [0.2, 0.25) is 0 Å². The monoisotopic (exact) mass is 245 g/mol. The SMILES string of the molecule is CCNC.NC/C(=C\F)CNC1CCCCC1. The van der Waals surface area contributed by atoms with Crippen molar-refractivity contribution in [2.75, 3.05) is 26.7 Å². The number of hydrogen-bond donors (Lipinski definition) is 3. The Kier molecular flexibility index (Phi) is 11.7. The van der Waals surface area contributed by atoms with Gasteiger partial charge >= 0.3 is 0 Å². The second-order valence-corrected chi connectivity index (χ2v) is 4.39. The Labute approximate surface area is 105 Å². The van der Waals surface area contributed by atoms with E-state index in [0.29, 0.717) is 31.0 Å². The Morgan fingerprint density at radius 1 is 1.35 bits per heavy atom. The van der Waals surface area contributed by atoms with Gasteiger partial charge in [0.25, 0.3) is 0 Å². The van der Waals surface area contributed by atoms with Crippen LogP contribution in [0.25, 0.3) is 0 Å². The van der Waals surface area contributed by atoms with Gasteiger partial charge in [0.15, 0.2) is 0 Å². The zero-order valence-corrected chi connectivity index (χ0v) is 11.3. The molecule has 0 aromatic rings. The lowest BCUT2D eigenvalue weighted by Crippen LogP contribution is -2.33. The fourth-order valence-electron chi connectivity index (χ4n) is 1.74. The van der Waals surface area contributed by atoms with E-state index in [1.807, 2.05) is 7.05 Å². The van der Waals surface area contributed by atoms with Crippen molar-refractivity contribution in [3.05, 3.63) is 11.9 Å². The molecule has 0 atom stereocenters. The van der Waals surface area contributed by atoms with Crippen LogP contribution in [0.3, 0.4) is 0 Å². The van der Waals surface area contributed by atoms with Crippen molar-refractivity contribution in [1.29, 1.82) is 0 Å². The smallest absolute Gasteiger partial charge is 0.0884 e. The van der Waals surface area contributed by atoms with E-state index in [2.05, 4.69) is 17.6 Å². The van der Waals surface area contributed by atoms with Crippen molar-refractivity contribution in [1.82, 2.24) is 10.6 Å². The maximum atomic E-state index is 12.1. The van der Waals surface area contributed by atoms with Crippen LogP contribution < -0.4 is 16.4 Å². The predicted octanol–water partition coefficient (Wildman–Crippen LogP) is 1.95. The molecule has 0 aromatic heterocycles. The van der Waals surface area contributed by atoms with Crippen molar-refractivity contribution < 1.29 is 4.39 Å². The Balaban J connectivity index is 0.000000557. The summed E-state index contributed by atoms with van der Waals surface area (Å²) in [5, 5.41) is 6.27. The molecular weight excluding hydrogens is 217 g/mol. The summed E-state index contributed by atoms with van der Waals surface area (Å²) in [5.74, 6) is 0. The molecule has 4 heteroatoms. The Morgan fingerprint density at radius 3 is 2.35 bits per heavy atom. The van der Waals surface area contributed by atoms with Crippen LogP contribution >= 0.6 is 0 Å². The molecule has 0 radical (unpaired) electrons. The number of rotatable bonds is 5. The van der Waals surface area contributed by atoms with Crippen LogP contribution in [-0.4, -0.2) is 32.7 Å². The average molecular weight is 245 g/mol. The molecule has 0 aliphatic heterocycles. The standard InChI is InChI=1S/C10H19FN2.C3H9N/c11-6-9(7-12)8-13-10-4-2-1-3-5-10;1-3-4-2/h6,10,13H,1-5,7-8,12H2;4H,3H2,1-2H3/b9-6+;. The van der Waals surface area contributed by atoms with Crippen LogP contribution in [0.5, 0.6) is 0 Å². The molecule has 0 bridgehead atoms. The van der Waals surface area contributed by atoms with E-state index in [4.69, 9.17) is 5.73 Å². The quantitative estimate of drug-likeness (QED) is 0.694. The summed E-state index contributed by atoms with van der Waals surface area (Å²) in [4.78, 5) is 0. The van der Waals surface area contributed by atoms with Crippen LogP contribution in [-0.2, 0) is 0 Å². The molecule has 0 heterocycles. The van der Waals surface area contributed by atoms with Gasteiger partial charge in [-0.2, -0.15) is 0 Å². The third kappa shape index (κ3) is 9.27. The number of nitrogens with two attached hydrogens (primary N) is 1. The lowest BCUT2D eigenvalue weighted by atomic mass is 9.95. The molecule has 0 amide bonds. The third-order valence-electron chi connectivity index (χ3n) is 2.99. The molecule has 1 fully saturated rings. The minimum absolute atomic E-state index is 0.316. The van der Waals surface area contributed by atoms with E-state index in [1.165, 1.54) is 32.1 Å². The summed E-state index contributed by atoms with van der Waals surface area (Å²) in [6, 6.07) is 0.579. The van der Waals surface area contributed by atoms with E-state index < -0.39 is 0 Å². The van der Waals surface area contributed by atoms with Crippen LogP contribution in [0.1, 0.15) is 39.0 Å². The minimum atomic E-state index is 0.316. The summed E-state index contributed by atoms with van der Waals surface area (Å²) >= 11 is 0. The first kappa shape index (κ1) is 16.6. The zero-order chi connectivity index (χ0) is 12.9. The van der Waals surface area contributed by atoms with Gasteiger partial charge in [0.1, 0.15) is 0 Å². The first-order chi connectivity index (χ1) is 8.28. The summed E-state index contributed by atoms with van der Waals surface area (Å²) in [6.45, 7) is 4.06. The topological polar surface area (TPSA) is 50.1 Å². The van der Waals surface area contributed by atoms with Crippen molar-refractivity contribution in [3.63, 3.8) is 0 Å². The number of halogens is 1. The number of nitrogens with one attached hydrogen (secondary N) is 2. The molecule has 0 saturated heterocycles. The van der Waals surface area contributed by atoms with E-state index in [1.54, 1.807) is 0 Å². The molecular formula is C13H28FN3. The molecule has 0 spiro atoms. The normalized spacial score (nSPS) is 17.5. The highest BCUT2D eigenvalue weighted by molar-refractivity contribution is 5.01. The highest BCUT2D eigenvalue weighted by Crippen LogP contribution is 2.17. The van der Waals surface area contributed by atoms with Crippen molar-refractivity contribution in [2.24, 2.45) is 5.73 Å². The first-order valence-corrected chi connectivity index (χ1v) is 6.64. The molecule has 1 aliphatic carbocycles. The van der Waals surface area contributed by atoms with Gasteiger partial charge in [-0.3, -0.25) is 0 Å². The van der Waals surface area contributed by atoms with Gasteiger partial charge in [0.05, 0.1) is 6.33 Å². The van der Waals surface area contributed by atoms with Crippen LogP contribution in [0.4, 0.5) is 4.39 Å². The maximum absolute atomic E-state index is 12.1. The van der Waals surface area contributed by atoms with Crippen LogP contribution in [0.15, 0.2) is 11.9 Å². The second-order valence-electron chi connectivity index (χ2n) is 4.39. The van der Waals surface area contributed by atoms with Gasteiger partial charge in [0, 0.05) is 19.1 Å². The van der Waals surface area contributed by atoms with Crippen LogP contribution in [0, 0.1) is 0 Å². The lowest BCUT2D eigenvalue weighted by molar-refractivity contribution is 0.381. The molecule has 17 heavy (non-hydrogen) atoms. The Hall–Kier alpha value is -0.450. The first-order valence-electron chi connectivity index (χ1n) is 6.64. The molecule has 4 N–H and O–H groups in total.